The lowest BCUT2D eigenvalue weighted by Gasteiger charge is -2.22. The first-order valence-electron chi connectivity index (χ1n) is 9.02. The standard InChI is InChI=1S/C20H19F3N4O3/c1-19(2,30)13-10-15-12(11-27(26-15)7-4-8-28)9-16(13)25-18(29)14-5-3-6-17(24-14)20(21,22)23/h3,5-6,8-11,30H,4,7H2,1-2H3,(H,25,29). The molecule has 0 aliphatic heterocycles. The maximum atomic E-state index is 12.9. The zero-order valence-corrected chi connectivity index (χ0v) is 16.2. The van der Waals surface area contributed by atoms with Crippen molar-refractivity contribution in [3.63, 3.8) is 0 Å². The molecule has 1 aromatic carbocycles. The highest BCUT2D eigenvalue weighted by atomic mass is 19.4. The molecule has 2 heterocycles. The molecule has 7 nitrogen and oxygen atoms in total. The van der Waals surface area contributed by atoms with E-state index in [1.165, 1.54) is 19.9 Å². The van der Waals surface area contributed by atoms with Crippen LogP contribution in [0.15, 0.2) is 36.5 Å². The van der Waals surface area contributed by atoms with Crippen molar-refractivity contribution in [2.45, 2.75) is 38.6 Å². The van der Waals surface area contributed by atoms with E-state index in [1.54, 1.807) is 23.0 Å². The summed E-state index contributed by atoms with van der Waals surface area (Å²) in [6.45, 7) is 3.39. The molecule has 0 radical (unpaired) electrons. The molecule has 0 unspecified atom stereocenters. The SMILES string of the molecule is CC(C)(O)c1cc2nn(CCC=O)cc2cc1NC(=O)c1cccc(C(F)(F)F)n1. The van der Waals surface area contributed by atoms with Crippen molar-refractivity contribution in [3.8, 4) is 0 Å². The van der Waals surface area contributed by atoms with Gasteiger partial charge >= 0.3 is 6.18 Å². The molecule has 3 rings (SSSR count). The highest BCUT2D eigenvalue weighted by Gasteiger charge is 2.33. The maximum absolute atomic E-state index is 12.9. The highest BCUT2D eigenvalue weighted by molar-refractivity contribution is 6.04. The van der Waals surface area contributed by atoms with Crippen LogP contribution in [-0.4, -0.2) is 32.1 Å². The predicted molar refractivity (Wildman–Crippen MR) is 103 cm³/mol. The molecule has 158 valence electrons. The van der Waals surface area contributed by atoms with Gasteiger partial charge in [0.15, 0.2) is 0 Å². The largest absolute Gasteiger partial charge is 0.433 e. The monoisotopic (exact) mass is 420 g/mol. The third-order valence-electron chi connectivity index (χ3n) is 4.35. The molecule has 1 amide bonds. The molecule has 0 atom stereocenters. The number of benzene rings is 1. The zero-order valence-electron chi connectivity index (χ0n) is 16.2. The number of pyridine rings is 1. The topological polar surface area (TPSA) is 97.1 Å². The second kappa shape index (κ2) is 7.86. The van der Waals surface area contributed by atoms with E-state index < -0.39 is 29.1 Å². The first kappa shape index (κ1) is 21.4. The number of hydrogen-bond donors (Lipinski definition) is 2. The molecule has 0 aliphatic carbocycles. The Labute approximate surface area is 169 Å². The molecule has 2 N–H and O–H groups in total. The first-order chi connectivity index (χ1) is 14.0. The predicted octanol–water partition coefficient (Wildman–Crippen LogP) is 3.52. The lowest BCUT2D eigenvalue weighted by Crippen LogP contribution is -2.22. The lowest BCUT2D eigenvalue weighted by molar-refractivity contribution is -0.141. The summed E-state index contributed by atoms with van der Waals surface area (Å²) in [4.78, 5) is 26.5. The fourth-order valence-electron chi connectivity index (χ4n) is 2.94. The van der Waals surface area contributed by atoms with E-state index in [0.717, 1.165) is 18.4 Å². The summed E-state index contributed by atoms with van der Waals surface area (Å²) in [6, 6.07) is 6.20. The molecule has 0 spiro atoms. The number of alkyl halides is 3. The van der Waals surface area contributed by atoms with Crippen LogP contribution in [0.3, 0.4) is 0 Å². The second-order valence-electron chi connectivity index (χ2n) is 7.22. The van der Waals surface area contributed by atoms with Crippen LogP contribution >= 0.6 is 0 Å². The van der Waals surface area contributed by atoms with Crippen LogP contribution in [0.5, 0.6) is 0 Å². The van der Waals surface area contributed by atoms with E-state index in [1.807, 2.05) is 0 Å². The molecule has 0 saturated heterocycles. The van der Waals surface area contributed by atoms with Crippen LogP contribution in [0.25, 0.3) is 10.9 Å². The number of amides is 1. The van der Waals surface area contributed by atoms with E-state index in [2.05, 4.69) is 15.4 Å². The van der Waals surface area contributed by atoms with Crippen molar-refractivity contribution in [2.75, 3.05) is 5.32 Å². The summed E-state index contributed by atoms with van der Waals surface area (Å²) in [5, 5.41) is 18.0. The van der Waals surface area contributed by atoms with Gasteiger partial charge in [-0.2, -0.15) is 18.3 Å². The highest BCUT2D eigenvalue weighted by Crippen LogP contribution is 2.32. The van der Waals surface area contributed by atoms with Gasteiger partial charge in [-0.15, -0.1) is 0 Å². The molecule has 10 heteroatoms. The van der Waals surface area contributed by atoms with Gasteiger partial charge in [-0.25, -0.2) is 4.98 Å². The Hall–Kier alpha value is -3.27. The Morgan fingerprint density at radius 2 is 2.00 bits per heavy atom. The molecule has 30 heavy (non-hydrogen) atoms. The second-order valence-corrected chi connectivity index (χ2v) is 7.22. The van der Waals surface area contributed by atoms with E-state index in [4.69, 9.17) is 0 Å². The summed E-state index contributed by atoms with van der Waals surface area (Å²) < 4.78 is 40.2. The van der Waals surface area contributed by atoms with E-state index >= 15 is 0 Å². The Morgan fingerprint density at radius 1 is 1.27 bits per heavy atom. The normalized spacial score (nSPS) is 12.2. The van der Waals surface area contributed by atoms with Gasteiger partial charge in [0.25, 0.3) is 5.91 Å². The van der Waals surface area contributed by atoms with Crippen LogP contribution in [-0.2, 0) is 23.1 Å². The minimum atomic E-state index is -4.68. The fraction of sp³-hybridized carbons (Fsp3) is 0.300. The quantitative estimate of drug-likeness (QED) is 0.595. The first-order valence-corrected chi connectivity index (χ1v) is 9.02. The van der Waals surface area contributed by atoms with Crippen LogP contribution in [0, 0.1) is 0 Å². The molecular weight excluding hydrogens is 401 g/mol. The molecule has 0 bridgehead atoms. The Kier molecular flexibility index (Phi) is 5.62. The van der Waals surface area contributed by atoms with Crippen molar-refractivity contribution in [1.29, 1.82) is 0 Å². The summed E-state index contributed by atoms with van der Waals surface area (Å²) in [5.74, 6) is -0.848. The Balaban J connectivity index is 1.99. The van der Waals surface area contributed by atoms with E-state index in [9.17, 15) is 27.9 Å². The number of halogens is 3. The van der Waals surface area contributed by atoms with Crippen LogP contribution < -0.4 is 5.32 Å². The number of carbonyl (C=O) groups excluding carboxylic acids is 2. The van der Waals surface area contributed by atoms with Crippen molar-refractivity contribution in [1.82, 2.24) is 14.8 Å². The zero-order chi connectivity index (χ0) is 22.1. The number of nitrogens with one attached hydrogen (secondary N) is 1. The van der Waals surface area contributed by atoms with Gasteiger partial charge in [0.1, 0.15) is 17.7 Å². The number of carbonyl (C=O) groups is 2. The number of fused-ring (bicyclic) bond motifs is 1. The minimum Gasteiger partial charge on any atom is -0.386 e. The summed E-state index contributed by atoms with van der Waals surface area (Å²) >= 11 is 0. The average Bonchev–Trinajstić information content (AvgIpc) is 3.06. The van der Waals surface area contributed by atoms with Gasteiger partial charge in [0.2, 0.25) is 0 Å². The van der Waals surface area contributed by atoms with E-state index in [0.29, 0.717) is 23.0 Å². The number of hydrogen-bond acceptors (Lipinski definition) is 5. The molecule has 3 aromatic rings. The summed E-state index contributed by atoms with van der Waals surface area (Å²) in [5.41, 5.74) is -1.87. The number of aldehydes is 1. The van der Waals surface area contributed by atoms with Gasteiger partial charge in [0.05, 0.1) is 11.1 Å². The minimum absolute atomic E-state index is 0.217. The number of rotatable bonds is 6. The van der Waals surface area contributed by atoms with Crippen LogP contribution in [0.4, 0.5) is 18.9 Å². The average molecular weight is 420 g/mol. The van der Waals surface area contributed by atoms with Crippen molar-refractivity contribution in [3.05, 3.63) is 53.5 Å². The Bertz CT molecular complexity index is 1100. The summed E-state index contributed by atoms with van der Waals surface area (Å²) in [6.07, 6.45) is -1.96. The maximum Gasteiger partial charge on any atom is 0.433 e. The number of aryl methyl sites for hydroxylation is 1. The van der Waals surface area contributed by atoms with Crippen molar-refractivity contribution >= 4 is 28.8 Å². The number of aliphatic hydroxyl groups is 1. The summed E-state index contributed by atoms with van der Waals surface area (Å²) in [7, 11) is 0. The van der Waals surface area contributed by atoms with Crippen molar-refractivity contribution < 1.29 is 27.9 Å². The van der Waals surface area contributed by atoms with E-state index in [-0.39, 0.29) is 12.1 Å². The van der Waals surface area contributed by atoms with Crippen LogP contribution in [0.1, 0.15) is 42.0 Å². The Morgan fingerprint density at radius 3 is 2.63 bits per heavy atom. The van der Waals surface area contributed by atoms with Gasteiger partial charge < -0.3 is 15.2 Å². The van der Waals surface area contributed by atoms with Gasteiger partial charge in [-0.3, -0.25) is 9.48 Å². The molecule has 0 fully saturated rings. The van der Waals surface area contributed by atoms with Gasteiger partial charge in [0, 0.05) is 35.8 Å². The van der Waals surface area contributed by atoms with Gasteiger partial charge in [-0.1, -0.05) is 6.07 Å². The van der Waals surface area contributed by atoms with Gasteiger partial charge in [-0.05, 0) is 38.1 Å². The molecule has 0 aliphatic rings. The smallest absolute Gasteiger partial charge is 0.386 e. The van der Waals surface area contributed by atoms with Crippen LogP contribution in [0.2, 0.25) is 0 Å². The number of nitrogens with zero attached hydrogens (tertiary/aromatic N) is 3. The third kappa shape index (κ3) is 4.65. The third-order valence-corrected chi connectivity index (χ3v) is 4.35. The lowest BCUT2D eigenvalue weighted by atomic mass is 9.95. The molecular formula is C20H19F3N4O3. The fourth-order valence-corrected chi connectivity index (χ4v) is 2.94. The number of aromatic nitrogens is 3. The number of anilines is 1. The molecule has 2 aromatic heterocycles. The van der Waals surface area contributed by atoms with Crippen molar-refractivity contribution in [2.24, 2.45) is 0 Å². The molecule has 0 saturated carbocycles.